The molecule has 1 rings (SSSR count). The zero-order valence-electron chi connectivity index (χ0n) is 7.10. The predicted molar refractivity (Wildman–Crippen MR) is 44.3 cm³/mol. The van der Waals surface area contributed by atoms with Crippen LogP contribution in [0.3, 0.4) is 0 Å². The first-order valence-electron chi connectivity index (χ1n) is 3.61. The van der Waals surface area contributed by atoms with E-state index in [-0.39, 0.29) is 0 Å². The smallest absolute Gasteiger partial charge is 0.334 e. The lowest BCUT2D eigenvalue weighted by atomic mass is 10.3. The van der Waals surface area contributed by atoms with Crippen LogP contribution in [-0.4, -0.2) is 25.6 Å². The summed E-state index contributed by atoms with van der Waals surface area (Å²) >= 11 is 0. The summed E-state index contributed by atoms with van der Waals surface area (Å²) in [6.07, 6.45) is 0. The van der Waals surface area contributed by atoms with Crippen molar-refractivity contribution in [2.45, 2.75) is 13.0 Å². The maximum absolute atomic E-state index is 11.0. The number of nitrogens with one attached hydrogen (secondary N) is 2. The summed E-state index contributed by atoms with van der Waals surface area (Å²) in [6.45, 7) is 1.15. The highest BCUT2D eigenvalue weighted by Crippen LogP contribution is 1.95. The minimum atomic E-state index is -1.34. The van der Waals surface area contributed by atoms with E-state index in [4.69, 9.17) is 5.11 Å². The van der Waals surface area contributed by atoms with Gasteiger partial charge in [0.05, 0.1) is 0 Å². The average Bonchev–Trinajstić information content (AvgIpc) is 2.01. The van der Waals surface area contributed by atoms with Crippen molar-refractivity contribution < 1.29 is 9.90 Å². The van der Waals surface area contributed by atoms with Gasteiger partial charge in [-0.2, -0.15) is 0 Å². The number of aromatic nitrogens is 3. The van der Waals surface area contributed by atoms with Crippen molar-refractivity contribution in [3.63, 3.8) is 0 Å². The topological polar surface area (TPSA) is 125 Å². The number of hydrogen-bond acceptors (Lipinski definition) is 4. The standard InChI is InChI=1S/C6H7N3O5/c1-2(3(10)11)9-5(13)7-4(12)8-6(9)14/h2H,1H3,(H,10,11)(H2,7,8,12,13,14)/t2-/m0/s1. The van der Waals surface area contributed by atoms with Gasteiger partial charge >= 0.3 is 23.0 Å². The second-order valence-electron chi connectivity index (χ2n) is 2.57. The second-order valence-corrected chi connectivity index (χ2v) is 2.57. The fourth-order valence-electron chi connectivity index (χ4n) is 0.900. The van der Waals surface area contributed by atoms with E-state index in [2.05, 4.69) is 0 Å². The molecule has 0 aliphatic heterocycles. The van der Waals surface area contributed by atoms with Crippen LogP contribution in [0.1, 0.15) is 13.0 Å². The fraction of sp³-hybridized carbons (Fsp3) is 0.333. The van der Waals surface area contributed by atoms with E-state index in [0.29, 0.717) is 4.57 Å². The Labute approximate surface area is 75.8 Å². The Morgan fingerprint density at radius 2 is 1.71 bits per heavy atom. The molecule has 0 fully saturated rings. The lowest BCUT2D eigenvalue weighted by molar-refractivity contribution is -0.140. The molecule has 1 aromatic rings. The van der Waals surface area contributed by atoms with Crippen LogP contribution < -0.4 is 17.1 Å². The Morgan fingerprint density at radius 3 is 2.07 bits per heavy atom. The molecule has 1 aromatic heterocycles. The summed E-state index contributed by atoms with van der Waals surface area (Å²) in [7, 11) is 0. The lowest BCUT2D eigenvalue weighted by Gasteiger charge is -2.06. The monoisotopic (exact) mass is 201 g/mol. The van der Waals surface area contributed by atoms with Gasteiger partial charge in [-0.25, -0.2) is 23.7 Å². The van der Waals surface area contributed by atoms with Gasteiger partial charge in [-0.15, -0.1) is 0 Å². The van der Waals surface area contributed by atoms with Crippen molar-refractivity contribution in [1.29, 1.82) is 0 Å². The second kappa shape index (κ2) is 3.32. The molecule has 0 aromatic carbocycles. The third-order valence-corrected chi connectivity index (χ3v) is 1.62. The van der Waals surface area contributed by atoms with Gasteiger partial charge in [-0.3, -0.25) is 9.97 Å². The Balaban J connectivity index is 3.51. The molecular weight excluding hydrogens is 194 g/mol. The fourth-order valence-corrected chi connectivity index (χ4v) is 0.900. The van der Waals surface area contributed by atoms with Crippen LogP contribution in [0.2, 0.25) is 0 Å². The normalized spacial score (nSPS) is 12.4. The molecule has 0 radical (unpaired) electrons. The van der Waals surface area contributed by atoms with E-state index in [1.165, 1.54) is 0 Å². The number of aliphatic carboxylic acids is 1. The van der Waals surface area contributed by atoms with Crippen LogP contribution in [-0.2, 0) is 4.79 Å². The van der Waals surface area contributed by atoms with Gasteiger partial charge in [0.25, 0.3) is 0 Å². The molecule has 76 valence electrons. The summed E-state index contributed by atoms with van der Waals surface area (Å²) in [5.41, 5.74) is -3.06. The minimum absolute atomic E-state index is 0.406. The van der Waals surface area contributed by atoms with Gasteiger partial charge in [0.1, 0.15) is 6.04 Å². The number of carboxylic acid groups (broad SMARTS) is 1. The zero-order chi connectivity index (χ0) is 10.9. The Hall–Kier alpha value is -2.12. The van der Waals surface area contributed by atoms with E-state index in [0.717, 1.165) is 6.92 Å². The molecule has 0 bridgehead atoms. The van der Waals surface area contributed by atoms with Crippen LogP contribution in [0.5, 0.6) is 0 Å². The Morgan fingerprint density at radius 1 is 1.29 bits per heavy atom. The van der Waals surface area contributed by atoms with Crippen molar-refractivity contribution >= 4 is 5.97 Å². The van der Waals surface area contributed by atoms with Crippen LogP contribution in [0.4, 0.5) is 0 Å². The van der Waals surface area contributed by atoms with Crippen molar-refractivity contribution in [3.8, 4) is 0 Å². The molecule has 0 amide bonds. The van der Waals surface area contributed by atoms with Gasteiger partial charge in [0.2, 0.25) is 0 Å². The molecule has 8 heteroatoms. The van der Waals surface area contributed by atoms with Crippen molar-refractivity contribution in [2.75, 3.05) is 0 Å². The molecule has 0 unspecified atom stereocenters. The van der Waals surface area contributed by atoms with Crippen molar-refractivity contribution in [2.24, 2.45) is 0 Å². The molecule has 1 atom stereocenters. The molecule has 0 aliphatic rings. The predicted octanol–water partition coefficient (Wildman–Crippen LogP) is -2.13. The molecule has 0 spiro atoms. The van der Waals surface area contributed by atoms with E-state index in [9.17, 15) is 19.2 Å². The summed E-state index contributed by atoms with van der Waals surface area (Å²) < 4.78 is 0.406. The molecule has 8 nitrogen and oxygen atoms in total. The lowest BCUT2D eigenvalue weighted by Crippen LogP contribution is -2.46. The number of carboxylic acids is 1. The number of hydrogen-bond donors (Lipinski definition) is 3. The molecule has 0 aliphatic carbocycles. The van der Waals surface area contributed by atoms with E-state index >= 15 is 0 Å². The summed E-state index contributed by atoms with van der Waals surface area (Å²) in [5.74, 6) is -1.34. The Kier molecular flexibility index (Phi) is 2.36. The first-order valence-corrected chi connectivity index (χ1v) is 3.61. The summed E-state index contributed by atoms with van der Waals surface area (Å²) in [4.78, 5) is 46.6. The minimum Gasteiger partial charge on any atom is -0.480 e. The van der Waals surface area contributed by atoms with Crippen molar-refractivity contribution in [3.05, 3.63) is 31.5 Å². The van der Waals surface area contributed by atoms with Gasteiger partial charge < -0.3 is 5.11 Å². The van der Waals surface area contributed by atoms with Crippen LogP contribution >= 0.6 is 0 Å². The van der Waals surface area contributed by atoms with E-state index < -0.39 is 29.1 Å². The summed E-state index contributed by atoms with van der Waals surface area (Å²) in [5, 5.41) is 8.55. The molecule has 14 heavy (non-hydrogen) atoms. The largest absolute Gasteiger partial charge is 0.480 e. The van der Waals surface area contributed by atoms with Crippen LogP contribution in [0, 0.1) is 0 Å². The third-order valence-electron chi connectivity index (χ3n) is 1.62. The van der Waals surface area contributed by atoms with Crippen molar-refractivity contribution in [1.82, 2.24) is 14.5 Å². The maximum Gasteiger partial charge on any atom is 0.334 e. The number of rotatable bonds is 2. The van der Waals surface area contributed by atoms with E-state index in [1.807, 2.05) is 0 Å². The zero-order valence-corrected chi connectivity index (χ0v) is 7.10. The molecule has 1 heterocycles. The van der Waals surface area contributed by atoms with Crippen LogP contribution in [0.25, 0.3) is 0 Å². The van der Waals surface area contributed by atoms with Gasteiger partial charge in [-0.05, 0) is 6.92 Å². The third kappa shape index (κ3) is 1.63. The van der Waals surface area contributed by atoms with Gasteiger partial charge in [0.15, 0.2) is 0 Å². The molecular formula is C6H7N3O5. The average molecular weight is 201 g/mol. The molecule has 0 saturated carbocycles. The number of carbonyl (C=O) groups is 1. The molecule has 0 saturated heterocycles. The van der Waals surface area contributed by atoms with E-state index in [1.54, 1.807) is 9.97 Å². The van der Waals surface area contributed by atoms with Gasteiger partial charge in [0, 0.05) is 0 Å². The quantitative estimate of drug-likeness (QED) is 0.504. The van der Waals surface area contributed by atoms with Crippen LogP contribution in [0.15, 0.2) is 14.4 Å². The Bertz CT molecular complexity index is 487. The SMILES string of the molecule is C[C@@H](C(=O)O)n1c(=O)[nH]c(=O)[nH]c1=O. The highest BCUT2D eigenvalue weighted by Gasteiger charge is 2.17. The maximum atomic E-state index is 11.0. The number of nitrogens with zero attached hydrogens (tertiary/aromatic N) is 1. The first-order chi connectivity index (χ1) is 6.43. The number of aromatic amines is 2. The number of H-pyrrole nitrogens is 2. The highest BCUT2D eigenvalue weighted by molar-refractivity contribution is 5.71. The molecule has 3 N–H and O–H groups in total. The first kappa shape index (κ1) is 9.96. The van der Waals surface area contributed by atoms with Gasteiger partial charge in [-0.1, -0.05) is 0 Å². The highest BCUT2D eigenvalue weighted by atomic mass is 16.4. The summed E-state index contributed by atoms with van der Waals surface area (Å²) in [6, 6.07) is -1.33.